The van der Waals surface area contributed by atoms with Gasteiger partial charge in [0.1, 0.15) is 0 Å². The molecule has 2 unspecified atom stereocenters. The molecule has 120 valence electrons. The van der Waals surface area contributed by atoms with E-state index in [1.54, 1.807) is 0 Å². The molecule has 4 nitrogen and oxygen atoms in total. The van der Waals surface area contributed by atoms with E-state index in [4.69, 9.17) is 0 Å². The number of likely N-dealkylation sites (tertiary alicyclic amines) is 1. The second-order valence-corrected chi connectivity index (χ2v) is 5.45. The van der Waals surface area contributed by atoms with Crippen LogP contribution in [0.4, 0.5) is 0 Å². The Balaban J connectivity index is 0.00000180. The molecule has 1 amide bonds. The van der Waals surface area contributed by atoms with Crippen molar-refractivity contribution in [3.05, 3.63) is 0 Å². The van der Waals surface area contributed by atoms with E-state index in [1.807, 2.05) is 0 Å². The van der Waals surface area contributed by atoms with Gasteiger partial charge >= 0.3 is 0 Å². The molecule has 0 bridgehead atoms. The molecule has 2 heterocycles. The van der Waals surface area contributed by atoms with Crippen molar-refractivity contribution >= 4 is 30.7 Å². The highest BCUT2D eigenvalue weighted by Gasteiger charge is 2.32. The number of hydrogen-bond acceptors (Lipinski definition) is 3. The zero-order valence-electron chi connectivity index (χ0n) is 12.6. The van der Waals surface area contributed by atoms with E-state index < -0.39 is 0 Å². The second kappa shape index (κ2) is 9.82. The van der Waals surface area contributed by atoms with Crippen LogP contribution in [0.15, 0.2) is 0 Å². The number of nitrogens with zero attached hydrogens (tertiary/aromatic N) is 2. The van der Waals surface area contributed by atoms with Crippen LogP contribution in [0.2, 0.25) is 0 Å². The number of hydrogen-bond donors (Lipinski definition) is 1. The Morgan fingerprint density at radius 1 is 1.20 bits per heavy atom. The van der Waals surface area contributed by atoms with Crippen LogP contribution in [-0.2, 0) is 4.79 Å². The van der Waals surface area contributed by atoms with Gasteiger partial charge < -0.3 is 10.2 Å². The van der Waals surface area contributed by atoms with Gasteiger partial charge in [0.2, 0.25) is 5.91 Å². The third-order valence-corrected chi connectivity index (χ3v) is 4.41. The van der Waals surface area contributed by atoms with Gasteiger partial charge in [0, 0.05) is 19.1 Å². The van der Waals surface area contributed by atoms with Crippen LogP contribution >= 0.6 is 24.8 Å². The van der Waals surface area contributed by atoms with Crippen LogP contribution in [-0.4, -0.2) is 60.5 Å². The van der Waals surface area contributed by atoms with Crippen molar-refractivity contribution in [3.63, 3.8) is 0 Å². The van der Waals surface area contributed by atoms with Crippen LogP contribution < -0.4 is 5.32 Å². The van der Waals surface area contributed by atoms with E-state index in [0.717, 1.165) is 45.6 Å². The highest BCUT2D eigenvalue weighted by atomic mass is 35.5. The van der Waals surface area contributed by atoms with Gasteiger partial charge in [-0.05, 0) is 38.9 Å². The topological polar surface area (TPSA) is 35.6 Å². The van der Waals surface area contributed by atoms with Gasteiger partial charge in [0.25, 0.3) is 0 Å². The zero-order chi connectivity index (χ0) is 13.0. The van der Waals surface area contributed by atoms with E-state index in [2.05, 4.69) is 29.0 Å². The average molecular weight is 326 g/mol. The molecule has 20 heavy (non-hydrogen) atoms. The lowest BCUT2D eigenvalue weighted by Crippen LogP contribution is -2.48. The maximum Gasteiger partial charge on any atom is 0.239 e. The summed E-state index contributed by atoms with van der Waals surface area (Å²) in [7, 11) is 0. The number of halogens is 2. The highest BCUT2D eigenvalue weighted by molar-refractivity contribution is 5.85. The number of piperidine rings is 1. The third kappa shape index (κ3) is 4.76. The zero-order valence-corrected chi connectivity index (χ0v) is 14.3. The Morgan fingerprint density at radius 2 is 1.90 bits per heavy atom. The van der Waals surface area contributed by atoms with Crippen molar-refractivity contribution in [2.45, 2.75) is 51.6 Å². The molecule has 0 radical (unpaired) electrons. The summed E-state index contributed by atoms with van der Waals surface area (Å²) in [5, 5.41) is 3.36. The maximum atomic E-state index is 12.4. The number of rotatable bonds is 4. The molecule has 0 aromatic heterocycles. The van der Waals surface area contributed by atoms with Crippen LogP contribution in [0.3, 0.4) is 0 Å². The molecule has 2 rings (SSSR count). The van der Waals surface area contributed by atoms with Crippen LogP contribution in [0.1, 0.15) is 39.5 Å². The Hall–Kier alpha value is -0.0300. The van der Waals surface area contributed by atoms with Crippen molar-refractivity contribution < 1.29 is 4.79 Å². The average Bonchev–Trinajstić information content (AvgIpc) is 2.90. The molecule has 2 aliphatic heterocycles. The summed E-state index contributed by atoms with van der Waals surface area (Å²) in [5.74, 6) is 0.337. The fourth-order valence-electron chi connectivity index (χ4n) is 3.26. The number of carbonyl (C=O) groups is 1. The van der Waals surface area contributed by atoms with Gasteiger partial charge in [0.05, 0.1) is 6.04 Å². The van der Waals surface area contributed by atoms with Gasteiger partial charge in [-0.25, -0.2) is 0 Å². The Labute approximate surface area is 135 Å². The SMILES string of the molecule is CCN(CC)C1CCN(C(=O)C2CCCCN2)C1.Cl.Cl. The second-order valence-electron chi connectivity index (χ2n) is 5.45. The molecule has 0 saturated carbocycles. The summed E-state index contributed by atoms with van der Waals surface area (Å²) in [5.41, 5.74) is 0. The van der Waals surface area contributed by atoms with Gasteiger partial charge in [-0.1, -0.05) is 20.3 Å². The van der Waals surface area contributed by atoms with E-state index in [0.29, 0.717) is 11.9 Å². The monoisotopic (exact) mass is 325 g/mol. The molecule has 0 aromatic rings. The number of nitrogens with one attached hydrogen (secondary N) is 1. The first-order chi connectivity index (χ1) is 8.76. The number of carbonyl (C=O) groups excluding carboxylic acids is 1. The van der Waals surface area contributed by atoms with Crippen LogP contribution in [0.25, 0.3) is 0 Å². The van der Waals surface area contributed by atoms with Crippen molar-refractivity contribution in [1.29, 1.82) is 0 Å². The molecule has 0 spiro atoms. The summed E-state index contributed by atoms with van der Waals surface area (Å²) in [6, 6.07) is 0.668. The van der Waals surface area contributed by atoms with E-state index in [-0.39, 0.29) is 30.9 Å². The maximum absolute atomic E-state index is 12.4. The van der Waals surface area contributed by atoms with Crippen LogP contribution in [0, 0.1) is 0 Å². The number of amides is 1. The molecule has 0 aromatic carbocycles. The molecule has 0 aliphatic carbocycles. The number of likely N-dealkylation sites (N-methyl/N-ethyl adjacent to an activating group) is 1. The lowest BCUT2D eigenvalue weighted by Gasteiger charge is -2.29. The molecular weight excluding hydrogens is 297 g/mol. The minimum absolute atomic E-state index is 0. The van der Waals surface area contributed by atoms with Crippen molar-refractivity contribution in [2.24, 2.45) is 0 Å². The smallest absolute Gasteiger partial charge is 0.239 e. The van der Waals surface area contributed by atoms with Crippen molar-refractivity contribution in [3.8, 4) is 0 Å². The Morgan fingerprint density at radius 3 is 2.45 bits per heavy atom. The standard InChI is InChI=1S/C14H27N3O.2ClH/c1-3-16(4-2)12-8-10-17(11-12)14(18)13-7-5-6-9-15-13;;/h12-13,15H,3-11H2,1-2H3;2*1H. The molecule has 2 aliphatic rings. The minimum atomic E-state index is 0. The Kier molecular flexibility index (Phi) is 9.81. The van der Waals surface area contributed by atoms with Crippen LogP contribution in [0.5, 0.6) is 0 Å². The summed E-state index contributed by atoms with van der Waals surface area (Å²) < 4.78 is 0. The first-order valence-electron chi connectivity index (χ1n) is 7.52. The quantitative estimate of drug-likeness (QED) is 0.857. The summed E-state index contributed by atoms with van der Waals surface area (Å²) in [6.45, 7) is 9.46. The molecule has 2 atom stereocenters. The van der Waals surface area contributed by atoms with E-state index in [9.17, 15) is 4.79 Å². The first kappa shape index (κ1) is 20.0. The third-order valence-electron chi connectivity index (χ3n) is 4.41. The van der Waals surface area contributed by atoms with Gasteiger partial charge in [-0.2, -0.15) is 0 Å². The summed E-state index contributed by atoms with van der Waals surface area (Å²) in [4.78, 5) is 16.9. The van der Waals surface area contributed by atoms with E-state index in [1.165, 1.54) is 12.8 Å². The minimum Gasteiger partial charge on any atom is -0.340 e. The largest absolute Gasteiger partial charge is 0.340 e. The van der Waals surface area contributed by atoms with Gasteiger partial charge in [-0.15, -0.1) is 24.8 Å². The lowest BCUT2D eigenvalue weighted by atomic mass is 10.0. The van der Waals surface area contributed by atoms with Crippen molar-refractivity contribution in [1.82, 2.24) is 15.1 Å². The van der Waals surface area contributed by atoms with Crippen molar-refractivity contribution in [2.75, 3.05) is 32.7 Å². The molecule has 6 heteroatoms. The predicted octanol–water partition coefficient (Wildman–Crippen LogP) is 1.91. The molecule has 2 saturated heterocycles. The molecule has 1 N–H and O–H groups in total. The Bertz CT molecular complexity index is 282. The fourth-order valence-corrected chi connectivity index (χ4v) is 3.26. The lowest BCUT2D eigenvalue weighted by molar-refractivity contribution is -0.133. The molecular formula is C14H29Cl2N3O. The highest BCUT2D eigenvalue weighted by Crippen LogP contribution is 2.18. The summed E-state index contributed by atoms with van der Waals surface area (Å²) >= 11 is 0. The normalized spacial score (nSPS) is 26.1. The fraction of sp³-hybridized carbons (Fsp3) is 0.929. The first-order valence-corrected chi connectivity index (χ1v) is 7.52. The van der Waals surface area contributed by atoms with E-state index >= 15 is 0 Å². The molecule has 2 fully saturated rings. The van der Waals surface area contributed by atoms with Gasteiger partial charge in [0.15, 0.2) is 0 Å². The summed E-state index contributed by atoms with van der Waals surface area (Å²) in [6.07, 6.45) is 4.56. The van der Waals surface area contributed by atoms with Gasteiger partial charge in [-0.3, -0.25) is 9.69 Å². The predicted molar refractivity (Wildman–Crippen MR) is 88.0 cm³/mol.